The zero-order valence-electron chi connectivity index (χ0n) is 6.28. The highest BCUT2D eigenvalue weighted by Gasteiger charge is 2.12. The van der Waals surface area contributed by atoms with Gasteiger partial charge >= 0.3 is 0 Å². The first kappa shape index (κ1) is 9.51. The van der Waals surface area contributed by atoms with Crippen LogP contribution < -0.4 is 4.74 Å². The Morgan fingerprint density at radius 3 is 2.67 bits per heavy atom. The minimum Gasteiger partial charge on any atom is -0.495 e. The number of rotatable bonds is 2. The molecule has 1 aromatic carbocycles. The Morgan fingerprint density at radius 1 is 1.58 bits per heavy atom. The Kier molecular flexibility index (Phi) is 3.08. The smallest absolute Gasteiger partial charge is 0.191 e. The van der Waals surface area contributed by atoms with Crippen molar-refractivity contribution in [3.63, 3.8) is 0 Å². The SMILES string of the molecule is COc1cccc(Cl)c1S(=O)O. The first-order valence-electron chi connectivity index (χ1n) is 3.10. The van der Waals surface area contributed by atoms with Crippen LogP contribution in [0.25, 0.3) is 0 Å². The Hall–Kier alpha value is -0.580. The Balaban J connectivity index is 3.29. The molecule has 0 saturated heterocycles. The first-order chi connectivity index (χ1) is 5.66. The highest BCUT2D eigenvalue weighted by atomic mass is 35.5. The summed E-state index contributed by atoms with van der Waals surface area (Å²) in [5, 5.41) is 0.232. The third-order valence-corrected chi connectivity index (χ3v) is 2.52. The topological polar surface area (TPSA) is 46.5 Å². The van der Waals surface area contributed by atoms with Gasteiger partial charge in [-0.15, -0.1) is 0 Å². The monoisotopic (exact) mass is 206 g/mol. The van der Waals surface area contributed by atoms with Crippen molar-refractivity contribution in [3.8, 4) is 5.75 Å². The lowest BCUT2D eigenvalue weighted by Gasteiger charge is -2.05. The van der Waals surface area contributed by atoms with Gasteiger partial charge in [0.2, 0.25) is 0 Å². The summed E-state index contributed by atoms with van der Waals surface area (Å²) in [5.41, 5.74) is 0. The number of halogens is 1. The second-order valence-corrected chi connectivity index (χ2v) is 3.33. The van der Waals surface area contributed by atoms with Gasteiger partial charge in [0.1, 0.15) is 10.6 Å². The van der Waals surface area contributed by atoms with Crippen LogP contribution in [0.3, 0.4) is 0 Å². The summed E-state index contributed by atoms with van der Waals surface area (Å²) in [7, 11) is 1.42. The Labute approximate surface area is 77.6 Å². The summed E-state index contributed by atoms with van der Waals surface area (Å²) >= 11 is 3.56. The molecule has 0 aliphatic carbocycles. The van der Waals surface area contributed by atoms with Crippen LogP contribution in [-0.4, -0.2) is 15.9 Å². The normalized spacial score (nSPS) is 12.6. The molecule has 0 fully saturated rings. The summed E-state index contributed by atoms with van der Waals surface area (Å²) in [6.45, 7) is 0. The van der Waals surface area contributed by atoms with Crippen molar-refractivity contribution in [2.75, 3.05) is 7.11 Å². The maximum absolute atomic E-state index is 10.7. The lowest BCUT2D eigenvalue weighted by molar-refractivity contribution is 0.402. The summed E-state index contributed by atoms with van der Waals surface area (Å²) in [4.78, 5) is 0.113. The fourth-order valence-corrected chi connectivity index (χ4v) is 1.74. The molecule has 1 N–H and O–H groups in total. The van der Waals surface area contributed by atoms with Crippen molar-refractivity contribution >= 4 is 22.7 Å². The molecule has 12 heavy (non-hydrogen) atoms. The Bertz CT molecular complexity index is 314. The molecule has 1 atom stereocenters. The number of methoxy groups -OCH3 is 1. The van der Waals surface area contributed by atoms with E-state index in [-0.39, 0.29) is 9.92 Å². The van der Waals surface area contributed by atoms with E-state index in [1.54, 1.807) is 12.1 Å². The lowest BCUT2D eigenvalue weighted by Crippen LogP contribution is -1.94. The zero-order chi connectivity index (χ0) is 9.14. The van der Waals surface area contributed by atoms with E-state index in [0.29, 0.717) is 5.75 Å². The largest absolute Gasteiger partial charge is 0.495 e. The van der Waals surface area contributed by atoms with E-state index in [1.165, 1.54) is 13.2 Å². The number of ether oxygens (including phenoxy) is 1. The quantitative estimate of drug-likeness (QED) is 0.753. The van der Waals surface area contributed by atoms with Crippen LogP contribution in [-0.2, 0) is 11.1 Å². The molecule has 3 nitrogen and oxygen atoms in total. The van der Waals surface area contributed by atoms with Crippen molar-refractivity contribution < 1.29 is 13.5 Å². The average molecular weight is 207 g/mol. The van der Waals surface area contributed by atoms with E-state index in [4.69, 9.17) is 20.9 Å². The molecule has 5 heteroatoms. The maximum Gasteiger partial charge on any atom is 0.191 e. The van der Waals surface area contributed by atoms with Crippen molar-refractivity contribution in [1.29, 1.82) is 0 Å². The Morgan fingerprint density at radius 2 is 2.25 bits per heavy atom. The summed E-state index contributed by atoms with van der Waals surface area (Å²) < 4.78 is 24.4. The number of hydrogen-bond acceptors (Lipinski definition) is 2. The van der Waals surface area contributed by atoms with Gasteiger partial charge in [-0.3, -0.25) is 0 Å². The average Bonchev–Trinajstić information content (AvgIpc) is 2.03. The van der Waals surface area contributed by atoms with Crippen LogP contribution in [0.4, 0.5) is 0 Å². The van der Waals surface area contributed by atoms with Crippen LogP contribution in [0, 0.1) is 0 Å². The number of benzene rings is 1. The van der Waals surface area contributed by atoms with Gasteiger partial charge in [-0.2, -0.15) is 0 Å². The molecule has 0 spiro atoms. The van der Waals surface area contributed by atoms with Crippen LogP contribution in [0.1, 0.15) is 0 Å². The van der Waals surface area contributed by atoms with Gasteiger partial charge in [0, 0.05) is 0 Å². The molecular weight excluding hydrogens is 200 g/mol. The van der Waals surface area contributed by atoms with E-state index in [2.05, 4.69) is 0 Å². The molecule has 0 aromatic heterocycles. The third kappa shape index (κ3) is 1.77. The molecule has 1 rings (SSSR count). The van der Waals surface area contributed by atoms with Crippen molar-refractivity contribution in [2.45, 2.75) is 4.90 Å². The molecule has 0 aliphatic heterocycles. The van der Waals surface area contributed by atoms with Crippen LogP contribution in [0.15, 0.2) is 23.1 Å². The molecule has 1 unspecified atom stereocenters. The third-order valence-electron chi connectivity index (χ3n) is 1.33. The number of hydrogen-bond donors (Lipinski definition) is 1. The van der Waals surface area contributed by atoms with Gasteiger partial charge in [-0.05, 0) is 12.1 Å². The fraction of sp³-hybridized carbons (Fsp3) is 0.143. The van der Waals surface area contributed by atoms with Crippen LogP contribution in [0.5, 0.6) is 5.75 Å². The zero-order valence-corrected chi connectivity index (χ0v) is 7.85. The van der Waals surface area contributed by atoms with Gasteiger partial charge < -0.3 is 9.29 Å². The predicted octanol–water partition coefficient (Wildman–Crippen LogP) is 1.93. The summed E-state index contributed by atoms with van der Waals surface area (Å²) in [6.07, 6.45) is 0. The van der Waals surface area contributed by atoms with E-state index in [1.807, 2.05) is 0 Å². The molecule has 0 radical (unpaired) electrons. The highest BCUT2D eigenvalue weighted by Crippen LogP contribution is 2.28. The summed E-state index contributed by atoms with van der Waals surface area (Å²) in [5.74, 6) is 0.323. The first-order valence-corrected chi connectivity index (χ1v) is 4.58. The molecule has 66 valence electrons. The van der Waals surface area contributed by atoms with Crippen LogP contribution in [0.2, 0.25) is 5.02 Å². The van der Waals surface area contributed by atoms with Crippen LogP contribution >= 0.6 is 11.6 Å². The molecule has 0 saturated carbocycles. The van der Waals surface area contributed by atoms with E-state index in [9.17, 15) is 4.21 Å². The minimum absolute atomic E-state index is 0.113. The van der Waals surface area contributed by atoms with Gasteiger partial charge in [0.25, 0.3) is 0 Å². The van der Waals surface area contributed by atoms with Gasteiger partial charge in [-0.25, -0.2) is 4.21 Å². The molecule has 0 heterocycles. The lowest BCUT2D eigenvalue weighted by atomic mass is 10.3. The van der Waals surface area contributed by atoms with E-state index < -0.39 is 11.1 Å². The summed E-state index contributed by atoms with van der Waals surface area (Å²) in [6, 6.07) is 4.76. The molecular formula is C7H7ClO3S. The second-order valence-electron chi connectivity index (χ2n) is 2.02. The van der Waals surface area contributed by atoms with Crippen molar-refractivity contribution in [3.05, 3.63) is 23.2 Å². The predicted molar refractivity (Wildman–Crippen MR) is 47.0 cm³/mol. The standard InChI is InChI=1S/C7H7ClO3S/c1-11-6-4-2-3-5(8)7(6)12(9)10/h2-4H,1H3,(H,9,10). The second kappa shape index (κ2) is 3.89. The minimum atomic E-state index is -2.11. The molecule has 1 aromatic rings. The molecule has 0 amide bonds. The van der Waals surface area contributed by atoms with E-state index in [0.717, 1.165) is 0 Å². The van der Waals surface area contributed by atoms with Gasteiger partial charge in [-0.1, -0.05) is 17.7 Å². The van der Waals surface area contributed by atoms with Gasteiger partial charge in [0.15, 0.2) is 11.1 Å². The van der Waals surface area contributed by atoms with Crippen molar-refractivity contribution in [1.82, 2.24) is 0 Å². The fourth-order valence-electron chi connectivity index (χ4n) is 0.819. The molecule has 0 aliphatic rings. The van der Waals surface area contributed by atoms with Crippen molar-refractivity contribution in [2.24, 2.45) is 0 Å². The van der Waals surface area contributed by atoms with E-state index >= 15 is 0 Å². The maximum atomic E-state index is 10.7. The highest BCUT2D eigenvalue weighted by molar-refractivity contribution is 7.79. The van der Waals surface area contributed by atoms with Gasteiger partial charge in [0.05, 0.1) is 12.1 Å². The molecule has 0 bridgehead atoms.